The number of hydrogen-bond donors (Lipinski definition) is 3. The van der Waals surface area contributed by atoms with Crippen molar-refractivity contribution in [2.75, 3.05) is 19.8 Å². The van der Waals surface area contributed by atoms with Crippen LogP contribution < -0.4 is 5.73 Å². The standard InChI is InChI=1S/C36H66NO10P/c1-3-5-7-9-11-12-13-14-15-16-17-18-19-20-22-23-25-27-34(38)44-29-32(30-45-48(42,43)46-31-33(37)36(40)41)47-35(39)28-26-24-21-10-8-6-4-2/h17-18,20,22,32-33H,3-16,19,21,23-31,37H2,1-2H3,(H,40,41)(H,42,43)/b18-17+,22-20+/t32-,33+/m0/s1. The summed E-state index contributed by atoms with van der Waals surface area (Å²) in [5.74, 6) is -2.44. The number of nitrogens with two attached hydrogens (primary N) is 1. The highest BCUT2D eigenvalue weighted by Crippen LogP contribution is 2.43. The molecule has 0 saturated carbocycles. The number of carbonyl (C=O) groups excluding carboxylic acids is 2. The normalized spacial score (nSPS) is 14.2. The SMILES string of the molecule is CCCCCCCCCCC/C=C/C/C=C/CCCC(=O)OC[C@@H](COP(=O)(O)OC[C@@H](N)C(=O)O)OC(=O)CCCCCCCCC. The molecule has 280 valence electrons. The summed E-state index contributed by atoms with van der Waals surface area (Å²) in [6, 6.07) is -1.52. The van der Waals surface area contributed by atoms with Crippen molar-refractivity contribution in [3.63, 3.8) is 0 Å². The Labute approximate surface area is 290 Å². The minimum atomic E-state index is -4.71. The number of rotatable bonds is 34. The van der Waals surface area contributed by atoms with Gasteiger partial charge in [-0.15, -0.1) is 0 Å². The summed E-state index contributed by atoms with van der Waals surface area (Å²) < 4.78 is 32.3. The molecule has 0 amide bonds. The predicted molar refractivity (Wildman–Crippen MR) is 189 cm³/mol. The average molecular weight is 704 g/mol. The van der Waals surface area contributed by atoms with Crippen LogP contribution in [0.4, 0.5) is 0 Å². The van der Waals surface area contributed by atoms with Crippen LogP contribution in [0.2, 0.25) is 0 Å². The first-order chi connectivity index (χ1) is 23.1. The van der Waals surface area contributed by atoms with E-state index in [4.69, 9.17) is 24.8 Å². The number of carboxylic acid groups (broad SMARTS) is 1. The molecule has 0 bridgehead atoms. The van der Waals surface area contributed by atoms with Gasteiger partial charge in [-0.25, -0.2) is 4.57 Å². The van der Waals surface area contributed by atoms with E-state index in [1.54, 1.807) is 0 Å². The number of hydrogen-bond acceptors (Lipinski definition) is 9. The lowest BCUT2D eigenvalue weighted by atomic mass is 10.1. The van der Waals surface area contributed by atoms with E-state index in [1.165, 1.54) is 70.6 Å². The predicted octanol–water partition coefficient (Wildman–Crippen LogP) is 8.72. The molecule has 48 heavy (non-hydrogen) atoms. The van der Waals surface area contributed by atoms with Gasteiger partial charge in [0.05, 0.1) is 13.2 Å². The van der Waals surface area contributed by atoms with Gasteiger partial charge >= 0.3 is 25.7 Å². The zero-order valence-electron chi connectivity index (χ0n) is 29.8. The van der Waals surface area contributed by atoms with Crippen molar-refractivity contribution in [1.82, 2.24) is 0 Å². The third kappa shape index (κ3) is 31.2. The summed E-state index contributed by atoms with van der Waals surface area (Å²) in [4.78, 5) is 45.5. The number of carbonyl (C=O) groups is 3. The molecule has 0 aromatic rings. The quantitative estimate of drug-likeness (QED) is 0.0253. The highest BCUT2D eigenvalue weighted by Gasteiger charge is 2.28. The first-order valence-corrected chi connectivity index (χ1v) is 19.9. The van der Waals surface area contributed by atoms with Crippen molar-refractivity contribution in [3.05, 3.63) is 24.3 Å². The molecule has 4 N–H and O–H groups in total. The Bertz CT molecular complexity index is 926. The van der Waals surface area contributed by atoms with Gasteiger partial charge in [-0.2, -0.15) is 0 Å². The van der Waals surface area contributed by atoms with Crippen molar-refractivity contribution in [2.45, 2.75) is 167 Å². The maximum Gasteiger partial charge on any atom is 0.472 e. The summed E-state index contributed by atoms with van der Waals surface area (Å²) >= 11 is 0. The van der Waals surface area contributed by atoms with E-state index in [9.17, 15) is 23.8 Å². The first kappa shape index (κ1) is 46.0. The van der Waals surface area contributed by atoms with Crippen LogP contribution in [0.5, 0.6) is 0 Å². The minimum absolute atomic E-state index is 0.153. The Balaban J connectivity index is 4.41. The number of phosphoric ester groups is 1. The van der Waals surface area contributed by atoms with Gasteiger partial charge < -0.3 is 25.2 Å². The second kappa shape index (κ2) is 32.2. The smallest absolute Gasteiger partial charge is 0.472 e. The summed E-state index contributed by atoms with van der Waals surface area (Å²) in [6.45, 7) is 2.68. The van der Waals surface area contributed by atoms with Crippen LogP contribution in [-0.4, -0.2) is 59.9 Å². The van der Waals surface area contributed by atoms with Gasteiger partial charge in [0.2, 0.25) is 0 Å². The number of aliphatic carboxylic acids is 1. The van der Waals surface area contributed by atoms with E-state index in [0.717, 1.165) is 38.5 Å². The molecule has 0 rings (SSSR count). The molecule has 0 spiro atoms. The maximum absolute atomic E-state index is 12.4. The van der Waals surface area contributed by atoms with Crippen LogP contribution in [0.25, 0.3) is 0 Å². The molecule has 0 aliphatic heterocycles. The molecular formula is C36H66NO10P. The average Bonchev–Trinajstić information content (AvgIpc) is 3.05. The fourth-order valence-corrected chi connectivity index (χ4v) is 5.53. The minimum Gasteiger partial charge on any atom is -0.480 e. The largest absolute Gasteiger partial charge is 0.480 e. The molecule has 0 fully saturated rings. The van der Waals surface area contributed by atoms with Crippen molar-refractivity contribution < 1.29 is 47.5 Å². The van der Waals surface area contributed by atoms with Crippen LogP contribution >= 0.6 is 7.82 Å². The highest BCUT2D eigenvalue weighted by molar-refractivity contribution is 7.47. The Morgan fingerprint density at radius 3 is 1.69 bits per heavy atom. The summed E-state index contributed by atoms with van der Waals surface area (Å²) in [6.07, 6.45) is 30.1. The van der Waals surface area contributed by atoms with Gasteiger partial charge in [-0.3, -0.25) is 23.4 Å². The van der Waals surface area contributed by atoms with Crippen LogP contribution in [0, 0.1) is 0 Å². The second-order valence-electron chi connectivity index (χ2n) is 12.4. The number of unbranched alkanes of at least 4 members (excludes halogenated alkanes) is 16. The van der Waals surface area contributed by atoms with Gasteiger partial charge in [0.15, 0.2) is 6.10 Å². The van der Waals surface area contributed by atoms with Crippen molar-refractivity contribution in [1.29, 1.82) is 0 Å². The van der Waals surface area contributed by atoms with Gasteiger partial charge in [-0.1, -0.05) is 128 Å². The Morgan fingerprint density at radius 1 is 0.646 bits per heavy atom. The van der Waals surface area contributed by atoms with Gasteiger partial charge in [0, 0.05) is 12.8 Å². The van der Waals surface area contributed by atoms with Crippen LogP contribution in [0.15, 0.2) is 24.3 Å². The number of phosphoric acid groups is 1. The van der Waals surface area contributed by atoms with Gasteiger partial charge in [0.25, 0.3) is 0 Å². The maximum atomic E-state index is 12.4. The van der Waals surface area contributed by atoms with Crippen molar-refractivity contribution in [3.8, 4) is 0 Å². The summed E-state index contributed by atoms with van der Waals surface area (Å²) in [5.41, 5.74) is 5.29. The Kier molecular flexibility index (Phi) is 30.8. The second-order valence-corrected chi connectivity index (χ2v) is 13.8. The van der Waals surface area contributed by atoms with E-state index >= 15 is 0 Å². The Morgan fingerprint density at radius 2 is 1.12 bits per heavy atom. The molecule has 3 atom stereocenters. The van der Waals surface area contributed by atoms with Crippen molar-refractivity contribution in [2.24, 2.45) is 5.73 Å². The first-order valence-electron chi connectivity index (χ1n) is 18.4. The fourth-order valence-electron chi connectivity index (χ4n) is 4.75. The molecule has 0 aliphatic rings. The Hall–Kier alpha value is -2.04. The molecule has 0 radical (unpaired) electrons. The van der Waals surface area contributed by atoms with Crippen molar-refractivity contribution >= 4 is 25.7 Å². The molecule has 0 aromatic heterocycles. The molecule has 1 unspecified atom stereocenters. The molecule has 0 heterocycles. The van der Waals surface area contributed by atoms with E-state index < -0.39 is 51.1 Å². The molecular weight excluding hydrogens is 637 g/mol. The van der Waals surface area contributed by atoms with Gasteiger partial charge in [-0.05, 0) is 38.5 Å². The summed E-state index contributed by atoms with van der Waals surface area (Å²) in [5, 5.41) is 8.82. The molecule has 0 aliphatic carbocycles. The van der Waals surface area contributed by atoms with Crippen LogP contribution in [0.1, 0.15) is 155 Å². The molecule has 0 aromatic carbocycles. The lowest BCUT2D eigenvalue weighted by molar-refractivity contribution is -0.161. The van der Waals surface area contributed by atoms with E-state index in [1.807, 2.05) is 6.08 Å². The number of ether oxygens (including phenoxy) is 2. The lowest BCUT2D eigenvalue weighted by Crippen LogP contribution is -2.34. The molecule has 11 nitrogen and oxygen atoms in total. The van der Waals surface area contributed by atoms with E-state index in [2.05, 4.69) is 36.6 Å². The molecule has 12 heteroatoms. The third-order valence-corrected chi connectivity index (χ3v) is 8.65. The lowest BCUT2D eigenvalue weighted by Gasteiger charge is -2.20. The van der Waals surface area contributed by atoms with Crippen LogP contribution in [0.3, 0.4) is 0 Å². The third-order valence-electron chi connectivity index (χ3n) is 7.70. The zero-order chi connectivity index (χ0) is 35.7. The fraction of sp³-hybridized carbons (Fsp3) is 0.806. The van der Waals surface area contributed by atoms with E-state index in [0.29, 0.717) is 19.3 Å². The zero-order valence-corrected chi connectivity index (χ0v) is 30.7. The number of carboxylic acids is 1. The monoisotopic (exact) mass is 703 g/mol. The molecule has 0 saturated heterocycles. The van der Waals surface area contributed by atoms with Crippen LogP contribution in [-0.2, 0) is 37.5 Å². The number of allylic oxidation sites excluding steroid dienone is 4. The van der Waals surface area contributed by atoms with Gasteiger partial charge in [0.1, 0.15) is 12.6 Å². The highest BCUT2D eigenvalue weighted by atomic mass is 31.2. The number of esters is 2. The van der Waals surface area contributed by atoms with E-state index in [-0.39, 0.29) is 19.4 Å². The topological polar surface area (TPSA) is 172 Å². The summed E-state index contributed by atoms with van der Waals surface area (Å²) in [7, 11) is -4.71.